The summed E-state index contributed by atoms with van der Waals surface area (Å²) in [5.74, 6) is 0.930. The van der Waals surface area contributed by atoms with Gasteiger partial charge in [-0.05, 0) is 63.6 Å². The minimum Gasteiger partial charge on any atom is -0.393 e. The lowest BCUT2D eigenvalue weighted by molar-refractivity contribution is 0.0676. The molecule has 1 saturated heterocycles. The van der Waals surface area contributed by atoms with Crippen molar-refractivity contribution in [3.63, 3.8) is 0 Å². The number of carbonyl (C=O) groups is 1. The van der Waals surface area contributed by atoms with Crippen LogP contribution in [0.5, 0.6) is 0 Å². The van der Waals surface area contributed by atoms with Crippen molar-refractivity contribution in [2.75, 3.05) is 24.5 Å². The van der Waals surface area contributed by atoms with Crippen molar-refractivity contribution in [1.29, 1.82) is 0 Å². The van der Waals surface area contributed by atoms with Crippen LogP contribution in [0.2, 0.25) is 0 Å². The molecule has 1 aliphatic heterocycles. The van der Waals surface area contributed by atoms with Crippen molar-refractivity contribution < 1.29 is 9.90 Å². The third-order valence-electron chi connectivity index (χ3n) is 6.89. The number of carbonyl (C=O) groups excluding carboxylic acids is 1. The van der Waals surface area contributed by atoms with Gasteiger partial charge in [0.15, 0.2) is 0 Å². The van der Waals surface area contributed by atoms with Gasteiger partial charge in [0.25, 0.3) is 5.91 Å². The standard InChI is InChI=1S/C25H37N5O2/c1-16-7-8-22-19(13-16)14-21(25(32)28-17(2)26)24(29-22)30-11-9-20(10-12-30)27-15-18-5-3-4-6-23(18)31/h7-8,13-14,17-18,20,23,27,31H,3-6,9-12,15,26H2,1-2H3,(H,28,32). The molecule has 0 spiro atoms. The van der Waals surface area contributed by atoms with E-state index in [-0.39, 0.29) is 12.0 Å². The van der Waals surface area contributed by atoms with Crippen LogP contribution in [-0.4, -0.2) is 53.9 Å². The summed E-state index contributed by atoms with van der Waals surface area (Å²) >= 11 is 0. The van der Waals surface area contributed by atoms with Crippen molar-refractivity contribution >= 4 is 22.6 Å². The SMILES string of the molecule is Cc1ccc2nc(N3CCC(NCC4CCCCC4O)CC3)c(C(=O)NC(C)N)cc2c1. The zero-order valence-corrected chi connectivity index (χ0v) is 19.3. The van der Waals surface area contributed by atoms with Gasteiger partial charge in [-0.15, -0.1) is 0 Å². The van der Waals surface area contributed by atoms with Crippen LogP contribution in [-0.2, 0) is 0 Å². The van der Waals surface area contributed by atoms with Crippen molar-refractivity contribution in [1.82, 2.24) is 15.6 Å². The van der Waals surface area contributed by atoms with Gasteiger partial charge in [0.2, 0.25) is 0 Å². The molecule has 3 atom stereocenters. The van der Waals surface area contributed by atoms with E-state index >= 15 is 0 Å². The van der Waals surface area contributed by atoms with Crippen molar-refractivity contribution in [2.24, 2.45) is 11.7 Å². The number of pyridine rings is 1. The van der Waals surface area contributed by atoms with E-state index < -0.39 is 6.17 Å². The number of aromatic nitrogens is 1. The fourth-order valence-electron chi connectivity index (χ4n) is 5.02. The molecule has 7 nitrogen and oxygen atoms in total. The average molecular weight is 440 g/mol. The smallest absolute Gasteiger partial charge is 0.256 e. The second kappa shape index (κ2) is 10.1. The van der Waals surface area contributed by atoms with Gasteiger partial charge in [-0.2, -0.15) is 0 Å². The van der Waals surface area contributed by atoms with Crippen LogP contribution in [0.4, 0.5) is 5.82 Å². The summed E-state index contributed by atoms with van der Waals surface area (Å²) in [6.07, 6.45) is 5.82. The summed E-state index contributed by atoms with van der Waals surface area (Å²) in [7, 11) is 0. The van der Waals surface area contributed by atoms with Gasteiger partial charge in [-0.3, -0.25) is 4.79 Å². The zero-order chi connectivity index (χ0) is 22.7. The monoisotopic (exact) mass is 439 g/mol. The average Bonchev–Trinajstić information content (AvgIpc) is 2.77. The lowest BCUT2D eigenvalue weighted by atomic mass is 9.86. The molecule has 3 unspecified atom stereocenters. The number of hydrogen-bond acceptors (Lipinski definition) is 6. The number of fused-ring (bicyclic) bond motifs is 1. The number of benzene rings is 1. The van der Waals surface area contributed by atoms with Gasteiger partial charge in [0, 0.05) is 31.1 Å². The van der Waals surface area contributed by atoms with E-state index in [1.54, 1.807) is 6.92 Å². The normalized spacial score (nSPS) is 23.3. The van der Waals surface area contributed by atoms with E-state index in [2.05, 4.69) is 27.7 Å². The quantitative estimate of drug-likeness (QED) is 0.516. The Balaban J connectivity index is 1.46. The van der Waals surface area contributed by atoms with Gasteiger partial charge in [-0.25, -0.2) is 4.98 Å². The molecule has 4 rings (SSSR count). The van der Waals surface area contributed by atoms with Gasteiger partial charge in [-0.1, -0.05) is 24.5 Å². The highest BCUT2D eigenvalue weighted by Gasteiger charge is 2.27. The molecule has 2 aromatic rings. The third kappa shape index (κ3) is 5.39. The highest BCUT2D eigenvalue weighted by atomic mass is 16.3. The predicted molar refractivity (Wildman–Crippen MR) is 129 cm³/mol. The van der Waals surface area contributed by atoms with E-state index in [0.29, 0.717) is 17.5 Å². The maximum absolute atomic E-state index is 12.9. The summed E-state index contributed by atoms with van der Waals surface area (Å²) in [6, 6.07) is 8.51. The number of rotatable bonds is 6. The Morgan fingerprint density at radius 2 is 1.97 bits per heavy atom. The molecule has 1 aromatic carbocycles. The number of hydrogen-bond donors (Lipinski definition) is 4. The second-order valence-corrected chi connectivity index (χ2v) is 9.60. The van der Waals surface area contributed by atoms with Crippen LogP contribution in [0.1, 0.15) is 61.4 Å². The Labute approximate surface area is 190 Å². The molecular formula is C25H37N5O2. The fourth-order valence-corrected chi connectivity index (χ4v) is 5.02. The molecule has 1 amide bonds. The summed E-state index contributed by atoms with van der Waals surface area (Å²) in [6.45, 7) is 6.37. The highest BCUT2D eigenvalue weighted by Crippen LogP contribution is 2.28. The number of aryl methyl sites for hydroxylation is 1. The molecule has 1 saturated carbocycles. The first-order valence-electron chi connectivity index (χ1n) is 12.0. The second-order valence-electron chi connectivity index (χ2n) is 9.60. The Kier molecular flexibility index (Phi) is 7.28. The minimum absolute atomic E-state index is 0.159. The van der Waals surface area contributed by atoms with Gasteiger partial charge >= 0.3 is 0 Å². The summed E-state index contributed by atoms with van der Waals surface area (Å²) in [5, 5.41) is 17.7. The van der Waals surface area contributed by atoms with Crippen molar-refractivity contribution in [3.8, 4) is 0 Å². The first-order valence-corrected chi connectivity index (χ1v) is 12.0. The number of aliphatic hydroxyl groups is 1. The summed E-state index contributed by atoms with van der Waals surface area (Å²) in [4.78, 5) is 20.0. The minimum atomic E-state index is -0.423. The van der Waals surface area contributed by atoms with E-state index in [9.17, 15) is 9.90 Å². The van der Waals surface area contributed by atoms with Crippen molar-refractivity contribution in [2.45, 2.75) is 70.7 Å². The van der Waals surface area contributed by atoms with Crippen LogP contribution in [0.25, 0.3) is 10.9 Å². The third-order valence-corrected chi connectivity index (χ3v) is 6.89. The molecule has 7 heteroatoms. The molecule has 0 bridgehead atoms. The van der Waals surface area contributed by atoms with Gasteiger partial charge in [0.1, 0.15) is 5.82 Å². The van der Waals surface area contributed by atoms with E-state index in [0.717, 1.165) is 74.0 Å². The molecule has 5 N–H and O–H groups in total. The number of anilines is 1. The Hall–Kier alpha value is -2.22. The maximum Gasteiger partial charge on any atom is 0.256 e. The van der Waals surface area contributed by atoms with Gasteiger partial charge < -0.3 is 26.4 Å². The van der Waals surface area contributed by atoms with Gasteiger partial charge in [0.05, 0.1) is 23.3 Å². The number of nitrogens with zero attached hydrogens (tertiary/aromatic N) is 2. The lowest BCUT2D eigenvalue weighted by Gasteiger charge is -2.36. The largest absolute Gasteiger partial charge is 0.393 e. The molecule has 32 heavy (non-hydrogen) atoms. The predicted octanol–water partition coefficient (Wildman–Crippen LogP) is 2.69. The maximum atomic E-state index is 12.9. The van der Waals surface area contributed by atoms with Crippen LogP contribution in [0.3, 0.4) is 0 Å². The van der Waals surface area contributed by atoms with E-state index in [1.807, 2.05) is 19.1 Å². The van der Waals surface area contributed by atoms with E-state index in [1.165, 1.54) is 6.42 Å². The fraction of sp³-hybridized carbons (Fsp3) is 0.600. The highest BCUT2D eigenvalue weighted by molar-refractivity contribution is 6.02. The number of amides is 1. The number of piperidine rings is 1. The number of nitrogens with one attached hydrogen (secondary N) is 2. The number of nitrogens with two attached hydrogens (primary N) is 1. The van der Waals surface area contributed by atoms with Crippen LogP contribution < -0.4 is 21.3 Å². The first kappa shape index (κ1) is 23.0. The summed E-state index contributed by atoms with van der Waals surface area (Å²) < 4.78 is 0. The first-order chi connectivity index (χ1) is 15.4. The molecule has 2 fully saturated rings. The van der Waals surface area contributed by atoms with Crippen LogP contribution in [0.15, 0.2) is 24.3 Å². The Morgan fingerprint density at radius 3 is 2.69 bits per heavy atom. The van der Waals surface area contributed by atoms with Crippen LogP contribution >= 0.6 is 0 Å². The Bertz CT molecular complexity index is 939. The zero-order valence-electron chi connectivity index (χ0n) is 19.3. The molecule has 2 aliphatic rings. The lowest BCUT2D eigenvalue weighted by Crippen LogP contribution is -2.46. The topological polar surface area (TPSA) is 104 Å². The molecule has 2 heterocycles. The summed E-state index contributed by atoms with van der Waals surface area (Å²) in [5.41, 5.74) is 8.44. The van der Waals surface area contributed by atoms with Crippen LogP contribution in [0, 0.1) is 12.8 Å². The molecular weight excluding hydrogens is 402 g/mol. The van der Waals surface area contributed by atoms with Crippen molar-refractivity contribution in [3.05, 3.63) is 35.4 Å². The number of aliphatic hydroxyl groups excluding tert-OH is 1. The Morgan fingerprint density at radius 1 is 1.22 bits per heavy atom. The molecule has 0 radical (unpaired) electrons. The molecule has 174 valence electrons. The molecule has 1 aliphatic carbocycles. The van der Waals surface area contributed by atoms with E-state index in [4.69, 9.17) is 10.7 Å². The molecule has 1 aromatic heterocycles.